The van der Waals surface area contributed by atoms with Gasteiger partial charge in [0.15, 0.2) is 0 Å². The Bertz CT molecular complexity index is 1120. The van der Waals surface area contributed by atoms with E-state index in [1.807, 2.05) is 25.1 Å². The quantitative estimate of drug-likeness (QED) is 0.580. The number of nitrogens with two attached hydrogens (primary N) is 1. The first kappa shape index (κ1) is 17.9. The molecule has 0 spiro atoms. The third-order valence-corrected chi connectivity index (χ3v) is 6.10. The van der Waals surface area contributed by atoms with E-state index in [4.69, 9.17) is 10.7 Å². The molecule has 146 valence electrons. The molecule has 2 aromatic heterocycles. The van der Waals surface area contributed by atoms with E-state index in [-0.39, 0.29) is 0 Å². The molecule has 1 atom stereocenters. The number of carbonyl (C=O) groups excluding carboxylic acids is 1. The average Bonchev–Trinajstić information content (AvgIpc) is 3.30. The number of hydrogen-bond acceptors (Lipinski definition) is 4. The molecule has 0 bridgehead atoms. The van der Waals surface area contributed by atoms with Crippen molar-refractivity contribution in [3.05, 3.63) is 65.0 Å². The molecule has 5 rings (SSSR count). The third kappa shape index (κ3) is 3.07. The molecular formula is C24H24N4O. The van der Waals surface area contributed by atoms with Gasteiger partial charge in [-0.25, -0.2) is 4.98 Å². The van der Waals surface area contributed by atoms with E-state index in [0.717, 1.165) is 52.8 Å². The van der Waals surface area contributed by atoms with E-state index >= 15 is 0 Å². The molecule has 0 unspecified atom stereocenters. The lowest BCUT2D eigenvalue weighted by Gasteiger charge is -2.19. The van der Waals surface area contributed by atoms with Crippen molar-refractivity contribution in [1.82, 2.24) is 9.97 Å². The summed E-state index contributed by atoms with van der Waals surface area (Å²) in [6.07, 6.45) is 3.72. The fourth-order valence-electron chi connectivity index (χ4n) is 4.47. The number of nitrogens with zero attached hydrogens (tertiary/aromatic N) is 3. The number of aromatic nitrogens is 2. The fourth-order valence-corrected chi connectivity index (χ4v) is 4.47. The third-order valence-electron chi connectivity index (χ3n) is 6.10. The lowest BCUT2D eigenvalue weighted by atomic mass is 10.0. The Balaban J connectivity index is 1.60. The summed E-state index contributed by atoms with van der Waals surface area (Å²) in [7, 11) is 0. The van der Waals surface area contributed by atoms with E-state index in [1.165, 1.54) is 17.7 Å². The van der Waals surface area contributed by atoms with Gasteiger partial charge in [-0.1, -0.05) is 13.0 Å². The first-order valence-corrected chi connectivity index (χ1v) is 10.1. The van der Waals surface area contributed by atoms with Gasteiger partial charge in [0, 0.05) is 53.8 Å². The second-order valence-corrected chi connectivity index (χ2v) is 8.29. The van der Waals surface area contributed by atoms with Crippen LogP contribution in [0.3, 0.4) is 0 Å². The van der Waals surface area contributed by atoms with Gasteiger partial charge < -0.3 is 10.6 Å². The number of hydrogen-bond donors (Lipinski definition) is 1. The van der Waals surface area contributed by atoms with Crippen molar-refractivity contribution in [3.63, 3.8) is 0 Å². The lowest BCUT2D eigenvalue weighted by Crippen LogP contribution is -2.19. The van der Waals surface area contributed by atoms with Gasteiger partial charge in [-0.3, -0.25) is 9.78 Å². The van der Waals surface area contributed by atoms with Crippen LogP contribution in [0.1, 0.15) is 40.5 Å². The lowest BCUT2D eigenvalue weighted by molar-refractivity contribution is 0.0999. The van der Waals surface area contributed by atoms with Crippen molar-refractivity contribution < 1.29 is 4.79 Å². The second-order valence-electron chi connectivity index (χ2n) is 8.29. The highest BCUT2D eigenvalue weighted by Crippen LogP contribution is 2.40. The number of anilines is 1. The monoisotopic (exact) mass is 384 g/mol. The SMILES string of the molecule is Cc1ccc(-c2cc(C(N)=O)c3c(n2)-c2ccc(N4CC[C@H](C)C4)cc2C3)cn1. The number of benzene rings is 1. The number of aryl methyl sites for hydroxylation is 1. The van der Waals surface area contributed by atoms with Gasteiger partial charge in [0.2, 0.25) is 5.91 Å². The van der Waals surface area contributed by atoms with E-state index in [0.29, 0.717) is 12.0 Å². The predicted molar refractivity (Wildman–Crippen MR) is 115 cm³/mol. The molecule has 1 aliphatic carbocycles. The minimum absolute atomic E-state index is 0.411. The molecular weight excluding hydrogens is 360 g/mol. The Kier molecular flexibility index (Phi) is 4.12. The maximum atomic E-state index is 12.2. The summed E-state index contributed by atoms with van der Waals surface area (Å²) >= 11 is 0. The van der Waals surface area contributed by atoms with Gasteiger partial charge in [-0.15, -0.1) is 0 Å². The molecule has 29 heavy (non-hydrogen) atoms. The number of primary amides is 1. The number of amides is 1. The summed E-state index contributed by atoms with van der Waals surface area (Å²) in [5, 5.41) is 0. The van der Waals surface area contributed by atoms with Gasteiger partial charge >= 0.3 is 0 Å². The van der Waals surface area contributed by atoms with Crippen LogP contribution in [0, 0.1) is 12.8 Å². The van der Waals surface area contributed by atoms with Crippen molar-refractivity contribution in [2.24, 2.45) is 11.7 Å². The Morgan fingerprint density at radius 3 is 2.76 bits per heavy atom. The van der Waals surface area contributed by atoms with Crippen LogP contribution in [0.5, 0.6) is 0 Å². The van der Waals surface area contributed by atoms with E-state index in [2.05, 4.69) is 35.0 Å². The van der Waals surface area contributed by atoms with Crippen LogP contribution < -0.4 is 10.6 Å². The zero-order chi connectivity index (χ0) is 20.1. The summed E-state index contributed by atoms with van der Waals surface area (Å²) < 4.78 is 0. The first-order valence-electron chi connectivity index (χ1n) is 10.1. The number of rotatable bonds is 3. The molecule has 3 heterocycles. The molecule has 1 fully saturated rings. The van der Waals surface area contributed by atoms with Gasteiger partial charge in [0.25, 0.3) is 0 Å². The summed E-state index contributed by atoms with van der Waals surface area (Å²) in [6.45, 7) is 6.45. The van der Waals surface area contributed by atoms with Crippen LogP contribution in [0.4, 0.5) is 5.69 Å². The molecule has 2 aliphatic rings. The largest absolute Gasteiger partial charge is 0.371 e. The molecule has 0 radical (unpaired) electrons. The summed E-state index contributed by atoms with van der Waals surface area (Å²) in [5.41, 5.74) is 14.2. The molecule has 1 aromatic carbocycles. The number of pyridine rings is 2. The first-order chi connectivity index (χ1) is 14.0. The molecule has 1 saturated heterocycles. The highest BCUT2D eigenvalue weighted by Gasteiger charge is 2.27. The average molecular weight is 384 g/mol. The van der Waals surface area contributed by atoms with Crippen molar-refractivity contribution in [3.8, 4) is 22.5 Å². The molecule has 0 saturated carbocycles. The minimum Gasteiger partial charge on any atom is -0.371 e. The van der Waals surface area contributed by atoms with Gasteiger partial charge in [0.05, 0.1) is 11.4 Å². The van der Waals surface area contributed by atoms with Gasteiger partial charge in [0.1, 0.15) is 0 Å². The second kappa shape index (κ2) is 6.69. The zero-order valence-electron chi connectivity index (χ0n) is 16.8. The van der Waals surface area contributed by atoms with E-state index in [1.54, 1.807) is 6.20 Å². The van der Waals surface area contributed by atoms with E-state index in [9.17, 15) is 4.79 Å². The molecule has 1 aliphatic heterocycles. The van der Waals surface area contributed by atoms with Crippen molar-refractivity contribution in [2.75, 3.05) is 18.0 Å². The zero-order valence-corrected chi connectivity index (χ0v) is 16.8. The Morgan fingerprint density at radius 1 is 1.21 bits per heavy atom. The standard InChI is InChI=1S/C24H24N4O/c1-14-7-8-28(13-14)18-5-6-19-17(9-18)10-20-21(24(25)29)11-22(27-23(19)20)16-4-3-15(2)26-12-16/h3-6,9,11-12,14H,7-8,10,13H2,1-2H3,(H2,25,29)/t14-/m0/s1. The van der Waals surface area contributed by atoms with Crippen LogP contribution >= 0.6 is 0 Å². The Labute approximate surface area is 170 Å². The number of fused-ring (bicyclic) bond motifs is 3. The summed E-state index contributed by atoms with van der Waals surface area (Å²) in [6, 6.07) is 12.3. The summed E-state index contributed by atoms with van der Waals surface area (Å²) in [5.74, 6) is 0.320. The van der Waals surface area contributed by atoms with Crippen molar-refractivity contribution in [1.29, 1.82) is 0 Å². The molecule has 5 nitrogen and oxygen atoms in total. The minimum atomic E-state index is -0.411. The van der Waals surface area contributed by atoms with Crippen LogP contribution in [0.25, 0.3) is 22.5 Å². The molecule has 3 aromatic rings. The van der Waals surface area contributed by atoms with Crippen LogP contribution in [0.2, 0.25) is 0 Å². The maximum absolute atomic E-state index is 12.2. The smallest absolute Gasteiger partial charge is 0.249 e. The van der Waals surface area contributed by atoms with Crippen LogP contribution in [0.15, 0.2) is 42.6 Å². The highest BCUT2D eigenvalue weighted by atomic mass is 16.1. The van der Waals surface area contributed by atoms with Crippen LogP contribution in [-0.2, 0) is 6.42 Å². The van der Waals surface area contributed by atoms with Crippen LogP contribution in [-0.4, -0.2) is 29.0 Å². The molecule has 2 N–H and O–H groups in total. The predicted octanol–water partition coefficient (Wildman–Crippen LogP) is 3.97. The van der Waals surface area contributed by atoms with Crippen molar-refractivity contribution in [2.45, 2.75) is 26.7 Å². The topological polar surface area (TPSA) is 72.1 Å². The van der Waals surface area contributed by atoms with Gasteiger partial charge in [-0.2, -0.15) is 0 Å². The highest BCUT2D eigenvalue weighted by molar-refractivity contribution is 5.98. The Morgan fingerprint density at radius 2 is 2.07 bits per heavy atom. The van der Waals surface area contributed by atoms with E-state index < -0.39 is 5.91 Å². The number of carbonyl (C=O) groups is 1. The normalized spacial score (nSPS) is 17.3. The maximum Gasteiger partial charge on any atom is 0.249 e. The fraction of sp³-hybridized carbons (Fsp3) is 0.292. The van der Waals surface area contributed by atoms with Gasteiger partial charge in [-0.05, 0) is 60.7 Å². The van der Waals surface area contributed by atoms with Crippen molar-refractivity contribution >= 4 is 11.6 Å². The molecule has 1 amide bonds. The summed E-state index contributed by atoms with van der Waals surface area (Å²) in [4.78, 5) is 24.0. The Hall–Kier alpha value is -3.21. The molecule has 5 heteroatoms.